The Morgan fingerprint density at radius 3 is 2.35 bits per heavy atom. The summed E-state index contributed by atoms with van der Waals surface area (Å²) < 4.78 is 0. The van der Waals surface area contributed by atoms with Crippen molar-refractivity contribution in [2.45, 2.75) is 90.8 Å². The molecule has 20 heavy (non-hydrogen) atoms. The maximum Gasteiger partial charge on any atom is 0.0251 e. The molecule has 0 heterocycles. The molecule has 3 atom stereocenters. The first-order valence-corrected chi connectivity index (χ1v) is 8.88. The number of rotatable bonds is 4. The zero-order chi connectivity index (χ0) is 14.8. The zero-order valence-corrected chi connectivity index (χ0v) is 14.4. The van der Waals surface area contributed by atoms with Gasteiger partial charge in [-0.1, -0.05) is 27.7 Å². The summed E-state index contributed by atoms with van der Waals surface area (Å²) in [5.41, 5.74) is 0.582. The number of likely N-dealkylation sites (N-methyl/N-ethyl adjacent to an activating group) is 2. The van der Waals surface area contributed by atoms with E-state index in [0.717, 1.165) is 30.6 Å². The summed E-state index contributed by atoms with van der Waals surface area (Å²) in [5, 5.41) is 3.75. The van der Waals surface area contributed by atoms with E-state index in [-0.39, 0.29) is 0 Å². The third-order valence-corrected chi connectivity index (χ3v) is 5.95. The smallest absolute Gasteiger partial charge is 0.0251 e. The molecule has 0 amide bonds. The SMILES string of the molecule is CCNC1CCC(C)CC1N(C)C1CCC(C)(C)CC1. The molecule has 0 radical (unpaired) electrons. The second-order valence-corrected chi connectivity index (χ2v) is 8.21. The lowest BCUT2D eigenvalue weighted by Gasteiger charge is -2.47. The van der Waals surface area contributed by atoms with Crippen LogP contribution >= 0.6 is 0 Å². The quantitative estimate of drug-likeness (QED) is 0.835. The Hall–Kier alpha value is -0.0800. The van der Waals surface area contributed by atoms with Crippen LogP contribution in [0.1, 0.15) is 72.6 Å². The monoisotopic (exact) mass is 280 g/mol. The molecular formula is C18H36N2. The topological polar surface area (TPSA) is 15.3 Å². The Balaban J connectivity index is 1.96. The van der Waals surface area contributed by atoms with Crippen molar-refractivity contribution in [3.8, 4) is 0 Å². The fourth-order valence-corrected chi connectivity index (χ4v) is 4.36. The van der Waals surface area contributed by atoms with Gasteiger partial charge in [0.05, 0.1) is 0 Å². The molecule has 2 rings (SSSR count). The molecule has 0 saturated heterocycles. The van der Waals surface area contributed by atoms with Gasteiger partial charge in [-0.3, -0.25) is 4.90 Å². The fourth-order valence-electron chi connectivity index (χ4n) is 4.36. The van der Waals surface area contributed by atoms with Crippen LogP contribution in [0, 0.1) is 11.3 Å². The molecule has 2 nitrogen and oxygen atoms in total. The van der Waals surface area contributed by atoms with Gasteiger partial charge in [-0.2, -0.15) is 0 Å². The van der Waals surface area contributed by atoms with Crippen LogP contribution in [0.2, 0.25) is 0 Å². The van der Waals surface area contributed by atoms with Crippen molar-refractivity contribution < 1.29 is 0 Å². The first-order valence-electron chi connectivity index (χ1n) is 8.88. The van der Waals surface area contributed by atoms with Gasteiger partial charge < -0.3 is 5.32 Å². The molecule has 2 heteroatoms. The molecule has 1 N–H and O–H groups in total. The van der Waals surface area contributed by atoms with E-state index in [1.165, 1.54) is 44.9 Å². The third-order valence-electron chi connectivity index (χ3n) is 5.95. The van der Waals surface area contributed by atoms with E-state index in [2.05, 4.69) is 45.0 Å². The lowest BCUT2D eigenvalue weighted by atomic mass is 9.74. The lowest BCUT2D eigenvalue weighted by Crippen LogP contribution is -2.55. The summed E-state index contributed by atoms with van der Waals surface area (Å²) in [6, 6.07) is 2.29. The molecule has 2 fully saturated rings. The van der Waals surface area contributed by atoms with Crippen molar-refractivity contribution in [3.05, 3.63) is 0 Å². The van der Waals surface area contributed by atoms with Crippen molar-refractivity contribution in [3.63, 3.8) is 0 Å². The summed E-state index contributed by atoms with van der Waals surface area (Å²) in [5.74, 6) is 0.900. The van der Waals surface area contributed by atoms with Gasteiger partial charge in [0.25, 0.3) is 0 Å². The molecule has 0 aromatic carbocycles. The van der Waals surface area contributed by atoms with E-state index >= 15 is 0 Å². The minimum Gasteiger partial charge on any atom is -0.313 e. The van der Waals surface area contributed by atoms with Crippen LogP contribution in [0.25, 0.3) is 0 Å². The van der Waals surface area contributed by atoms with Gasteiger partial charge in [0.15, 0.2) is 0 Å². The second-order valence-electron chi connectivity index (χ2n) is 8.21. The highest BCUT2D eigenvalue weighted by Gasteiger charge is 2.36. The summed E-state index contributed by atoms with van der Waals surface area (Å²) in [6.45, 7) is 10.7. The Morgan fingerprint density at radius 1 is 1.10 bits per heavy atom. The summed E-state index contributed by atoms with van der Waals surface area (Å²) in [4.78, 5) is 2.75. The van der Waals surface area contributed by atoms with E-state index in [4.69, 9.17) is 0 Å². The summed E-state index contributed by atoms with van der Waals surface area (Å²) in [6.07, 6.45) is 9.74. The van der Waals surface area contributed by atoms with Gasteiger partial charge in [0, 0.05) is 18.1 Å². The second kappa shape index (κ2) is 6.79. The van der Waals surface area contributed by atoms with Crippen LogP contribution in [-0.4, -0.2) is 36.6 Å². The van der Waals surface area contributed by atoms with E-state index in [0.29, 0.717) is 5.41 Å². The molecule has 0 aromatic rings. The van der Waals surface area contributed by atoms with Crippen molar-refractivity contribution in [2.24, 2.45) is 11.3 Å². The number of nitrogens with zero attached hydrogens (tertiary/aromatic N) is 1. The van der Waals surface area contributed by atoms with Gasteiger partial charge in [-0.15, -0.1) is 0 Å². The van der Waals surface area contributed by atoms with Crippen molar-refractivity contribution in [1.29, 1.82) is 0 Å². The van der Waals surface area contributed by atoms with Gasteiger partial charge in [0.1, 0.15) is 0 Å². The first kappa shape index (κ1) is 16.3. The Morgan fingerprint density at radius 2 is 1.75 bits per heavy atom. The van der Waals surface area contributed by atoms with Gasteiger partial charge in [-0.05, 0) is 69.9 Å². The highest BCUT2D eigenvalue weighted by molar-refractivity contribution is 4.93. The normalized spacial score (nSPS) is 35.4. The van der Waals surface area contributed by atoms with Crippen LogP contribution in [0.4, 0.5) is 0 Å². The Kier molecular flexibility index (Phi) is 5.53. The predicted molar refractivity (Wildman–Crippen MR) is 88.1 cm³/mol. The number of nitrogens with one attached hydrogen (secondary N) is 1. The van der Waals surface area contributed by atoms with Crippen molar-refractivity contribution in [1.82, 2.24) is 10.2 Å². The average Bonchev–Trinajstić information content (AvgIpc) is 2.40. The molecule has 0 bridgehead atoms. The van der Waals surface area contributed by atoms with Crippen molar-refractivity contribution >= 4 is 0 Å². The first-order chi connectivity index (χ1) is 9.43. The van der Waals surface area contributed by atoms with Crippen LogP contribution in [0.5, 0.6) is 0 Å². The zero-order valence-electron chi connectivity index (χ0n) is 14.4. The molecule has 0 aromatic heterocycles. The molecule has 2 aliphatic rings. The van der Waals surface area contributed by atoms with Crippen LogP contribution in [0.15, 0.2) is 0 Å². The number of hydrogen-bond donors (Lipinski definition) is 1. The van der Waals surface area contributed by atoms with E-state index in [1.54, 1.807) is 0 Å². The molecule has 0 spiro atoms. The van der Waals surface area contributed by atoms with Crippen molar-refractivity contribution in [2.75, 3.05) is 13.6 Å². The summed E-state index contributed by atoms with van der Waals surface area (Å²) in [7, 11) is 2.40. The average molecular weight is 281 g/mol. The van der Waals surface area contributed by atoms with Gasteiger partial charge in [-0.25, -0.2) is 0 Å². The van der Waals surface area contributed by atoms with Gasteiger partial charge in [0.2, 0.25) is 0 Å². The van der Waals surface area contributed by atoms with E-state index < -0.39 is 0 Å². The van der Waals surface area contributed by atoms with E-state index in [1.807, 2.05) is 0 Å². The molecule has 2 aliphatic carbocycles. The fraction of sp³-hybridized carbons (Fsp3) is 1.00. The molecule has 3 unspecified atom stereocenters. The van der Waals surface area contributed by atoms with Crippen LogP contribution in [0.3, 0.4) is 0 Å². The van der Waals surface area contributed by atoms with Crippen LogP contribution < -0.4 is 5.32 Å². The lowest BCUT2D eigenvalue weighted by molar-refractivity contribution is 0.0505. The minimum atomic E-state index is 0.582. The maximum atomic E-state index is 3.75. The minimum absolute atomic E-state index is 0.582. The number of hydrogen-bond acceptors (Lipinski definition) is 2. The largest absolute Gasteiger partial charge is 0.313 e. The predicted octanol–water partition coefficient (Wildman–Crippen LogP) is 4.05. The molecule has 118 valence electrons. The third kappa shape index (κ3) is 3.98. The highest BCUT2D eigenvalue weighted by atomic mass is 15.2. The van der Waals surface area contributed by atoms with Crippen LogP contribution in [-0.2, 0) is 0 Å². The molecule has 2 saturated carbocycles. The maximum absolute atomic E-state index is 3.75. The molecule has 0 aliphatic heterocycles. The molecular weight excluding hydrogens is 244 g/mol. The highest BCUT2D eigenvalue weighted by Crippen LogP contribution is 2.38. The standard InChI is InChI=1S/C18H36N2/c1-6-19-16-8-7-14(2)13-17(16)20(5)15-9-11-18(3,4)12-10-15/h14-17,19H,6-13H2,1-5H3. The Labute approximate surface area is 126 Å². The Bertz CT molecular complexity index is 290. The van der Waals surface area contributed by atoms with Gasteiger partial charge >= 0.3 is 0 Å². The van der Waals surface area contributed by atoms with E-state index in [9.17, 15) is 0 Å². The summed E-state index contributed by atoms with van der Waals surface area (Å²) >= 11 is 0.